The highest BCUT2D eigenvalue weighted by atomic mass is 32.2. The third-order valence-electron chi connectivity index (χ3n) is 5.36. The number of para-hydroxylation sites is 1. The lowest BCUT2D eigenvalue weighted by Crippen LogP contribution is -2.29. The number of hydrogen-bond donors (Lipinski definition) is 1. The van der Waals surface area contributed by atoms with Gasteiger partial charge < -0.3 is 10.6 Å². The number of carbonyl (C=O) groups excluding carboxylic acids is 2. The minimum atomic E-state index is -0.488. The van der Waals surface area contributed by atoms with E-state index in [4.69, 9.17) is 10.7 Å². The van der Waals surface area contributed by atoms with E-state index in [0.717, 1.165) is 21.2 Å². The van der Waals surface area contributed by atoms with Crippen molar-refractivity contribution in [3.8, 4) is 0 Å². The van der Waals surface area contributed by atoms with Crippen LogP contribution in [-0.2, 0) is 11.3 Å². The summed E-state index contributed by atoms with van der Waals surface area (Å²) in [7, 11) is 1.98. The Morgan fingerprint density at radius 2 is 1.64 bits per heavy atom. The van der Waals surface area contributed by atoms with Crippen LogP contribution >= 0.6 is 23.5 Å². The Morgan fingerprint density at radius 1 is 0.939 bits per heavy atom. The van der Waals surface area contributed by atoms with Crippen LogP contribution in [0.2, 0.25) is 0 Å². The molecule has 164 valence electrons. The third kappa shape index (κ3) is 4.15. The van der Waals surface area contributed by atoms with Crippen LogP contribution in [0, 0.1) is 0 Å². The molecule has 2 amide bonds. The number of amidine groups is 1. The van der Waals surface area contributed by atoms with Crippen molar-refractivity contribution in [2.24, 2.45) is 10.7 Å². The summed E-state index contributed by atoms with van der Waals surface area (Å²) in [6, 6.07) is 24.7. The highest BCUT2D eigenvalue weighted by Gasteiger charge is 2.39. The smallest absolute Gasteiger partial charge is 0.269 e. The Hall–Kier alpha value is -3.49. The van der Waals surface area contributed by atoms with Crippen molar-refractivity contribution in [3.63, 3.8) is 0 Å². The molecular weight excluding hydrogens is 452 g/mol. The summed E-state index contributed by atoms with van der Waals surface area (Å²) >= 11 is 2.97. The molecule has 2 aliphatic rings. The van der Waals surface area contributed by atoms with Gasteiger partial charge >= 0.3 is 0 Å². The summed E-state index contributed by atoms with van der Waals surface area (Å²) in [5.74, 6) is -0.559. The topological polar surface area (TPSA) is 79.0 Å². The molecule has 0 aliphatic carbocycles. The van der Waals surface area contributed by atoms with Crippen molar-refractivity contribution < 1.29 is 9.59 Å². The Balaban J connectivity index is 1.53. The lowest BCUT2D eigenvalue weighted by Gasteiger charge is -2.16. The molecule has 33 heavy (non-hydrogen) atoms. The maximum absolute atomic E-state index is 13.6. The van der Waals surface area contributed by atoms with Crippen molar-refractivity contribution in [2.45, 2.75) is 11.4 Å². The third-order valence-corrected chi connectivity index (χ3v) is 7.79. The van der Waals surface area contributed by atoms with Crippen LogP contribution in [-0.4, -0.2) is 28.9 Å². The lowest BCUT2D eigenvalue weighted by atomic mass is 10.2. The summed E-state index contributed by atoms with van der Waals surface area (Å²) in [6.07, 6.45) is 0. The number of nitrogens with zero attached hydrogens (tertiary/aromatic N) is 3. The van der Waals surface area contributed by atoms with Crippen molar-refractivity contribution in [1.29, 1.82) is 0 Å². The normalized spacial score (nSPS) is 18.8. The Labute approximate surface area is 200 Å². The molecule has 6 nitrogen and oxygen atoms in total. The zero-order valence-corrected chi connectivity index (χ0v) is 19.4. The molecule has 3 aromatic carbocycles. The van der Waals surface area contributed by atoms with Crippen LogP contribution in [0.25, 0.3) is 0 Å². The predicted molar refractivity (Wildman–Crippen MR) is 134 cm³/mol. The Bertz CT molecular complexity index is 1300. The van der Waals surface area contributed by atoms with E-state index in [0.29, 0.717) is 27.9 Å². The second kappa shape index (κ2) is 8.80. The SMILES string of the molecule is CN1C(=C2SC(=Nc3ccc(C(N)=O)cc3)N(Cc3ccccc3)C2=O)Sc2ccccc21. The second-order valence-electron chi connectivity index (χ2n) is 7.55. The fourth-order valence-electron chi connectivity index (χ4n) is 3.64. The Kier molecular flexibility index (Phi) is 5.70. The molecule has 2 N–H and O–H groups in total. The number of rotatable bonds is 4. The van der Waals surface area contributed by atoms with E-state index < -0.39 is 5.91 Å². The monoisotopic (exact) mass is 472 g/mol. The van der Waals surface area contributed by atoms with Crippen molar-refractivity contribution >= 4 is 51.9 Å². The van der Waals surface area contributed by atoms with Gasteiger partial charge in [0, 0.05) is 17.5 Å². The Morgan fingerprint density at radius 3 is 2.33 bits per heavy atom. The number of nitrogens with two attached hydrogens (primary N) is 1. The highest BCUT2D eigenvalue weighted by molar-refractivity contribution is 8.19. The van der Waals surface area contributed by atoms with Crippen LogP contribution < -0.4 is 10.6 Å². The summed E-state index contributed by atoms with van der Waals surface area (Å²) < 4.78 is 0. The summed E-state index contributed by atoms with van der Waals surface area (Å²) in [5.41, 5.74) is 8.51. The zero-order chi connectivity index (χ0) is 22.9. The molecule has 0 unspecified atom stereocenters. The van der Waals surface area contributed by atoms with Gasteiger partial charge in [-0.15, -0.1) is 0 Å². The van der Waals surface area contributed by atoms with Gasteiger partial charge in [-0.05, 0) is 53.7 Å². The standard InChI is InChI=1S/C25H20N4O2S2/c1-28-19-9-5-6-10-20(19)32-24(28)21-23(31)29(15-16-7-3-2-4-8-16)25(33-21)27-18-13-11-17(12-14-18)22(26)30/h2-14H,15H2,1H3,(H2,26,30). The molecular formula is C25H20N4O2S2. The minimum absolute atomic E-state index is 0.0708. The first kappa shape index (κ1) is 21.4. The van der Waals surface area contributed by atoms with Gasteiger partial charge in [-0.3, -0.25) is 14.5 Å². The van der Waals surface area contributed by atoms with Gasteiger partial charge in [-0.1, -0.05) is 54.2 Å². The van der Waals surface area contributed by atoms with E-state index in [9.17, 15) is 9.59 Å². The van der Waals surface area contributed by atoms with Gasteiger partial charge in [0.2, 0.25) is 5.91 Å². The first-order valence-electron chi connectivity index (χ1n) is 10.3. The maximum atomic E-state index is 13.6. The molecule has 2 heterocycles. The van der Waals surface area contributed by atoms with E-state index in [-0.39, 0.29) is 5.91 Å². The van der Waals surface area contributed by atoms with E-state index in [2.05, 4.69) is 17.0 Å². The van der Waals surface area contributed by atoms with E-state index >= 15 is 0 Å². The molecule has 3 aromatic rings. The fraction of sp³-hybridized carbons (Fsp3) is 0.0800. The van der Waals surface area contributed by atoms with Gasteiger partial charge in [0.05, 0.1) is 22.9 Å². The van der Waals surface area contributed by atoms with Gasteiger partial charge in [0.25, 0.3) is 5.91 Å². The first-order valence-corrected chi connectivity index (χ1v) is 11.9. The van der Waals surface area contributed by atoms with E-state index in [1.807, 2.05) is 49.5 Å². The van der Waals surface area contributed by atoms with Crippen molar-refractivity contribution in [2.75, 3.05) is 11.9 Å². The number of fused-ring (bicyclic) bond motifs is 1. The maximum Gasteiger partial charge on any atom is 0.269 e. The number of hydrogen-bond acceptors (Lipinski definition) is 6. The van der Waals surface area contributed by atoms with Crippen LogP contribution in [0.1, 0.15) is 15.9 Å². The average molecular weight is 473 g/mol. The van der Waals surface area contributed by atoms with Crippen molar-refractivity contribution in [1.82, 2.24) is 4.90 Å². The fourth-order valence-corrected chi connectivity index (χ4v) is 5.98. The highest BCUT2D eigenvalue weighted by Crippen LogP contribution is 2.50. The second-order valence-corrected chi connectivity index (χ2v) is 9.56. The minimum Gasteiger partial charge on any atom is -0.366 e. The van der Waals surface area contributed by atoms with Crippen LogP contribution in [0.4, 0.5) is 11.4 Å². The van der Waals surface area contributed by atoms with Crippen LogP contribution in [0.5, 0.6) is 0 Å². The summed E-state index contributed by atoms with van der Waals surface area (Å²) in [4.78, 5) is 35.3. The van der Waals surface area contributed by atoms with Crippen LogP contribution in [0.3, 0.4) is 0 Å². The zero-order valence-electron chi connectivity index (χ0n) is 17.8. The van der Waals surface area contributed by atoms with Gasteiger partial charge in [-0.2, -0.15) is 0 Å². The number of benzene rings is 3. The number of amides is 2. The molecule has 0 spiro atoms. The van der Waals surface area contributed by atoms with Crippen LogP contribution in [0.15, 0.2) is 98.7 Å². The molecule has 0 radical (unpaired) electrons. The van der Waals surface area contributed by atoms with Gasteiger partial charge in [0.15, 0.2) is 5.17 Å². The van der Waals surface area contributed by atoms with E-state index in [1.54, 1.807) is 40.9 Å². The lowest BCUT2D eigenvalue weighted by molar-refractivity contribution is -0.122. The first-order chi connectivity index (χ1) is 16.0. The van der Waals surface area contributed by atoms with Gasteiger partial charge in [0.1, 0.15) is 4.91 Å². The molecule has 1 saturated heterocycles. The average Bonchev–Trinajstić information content (AvgIpc) is 3.32. The molecule has 0 bridgehead atoms. The molecule has 0 atom stereocenters. The number of anilines is 1. The summed E-state index contributed by atoms with van der Waals surface area (Å²) in [5, 5.41) is 1.50. The number of carbonyl (C=O) groups is 2. The predicted octanol–water partition coefficient (Wildman–Crippen LogP) is 4.96. The van der Waals surface area contributed by atoms with Crippen molar-refractivity contribution in [3.05, 3.63) is 99.9 Å². The van der Waals surface area contributed by atoms with Gasteiger partial charge in [-0.25, -0.2) is 4.99 Å². The molecule has 1 fully saturated rings. The van der Waals surface area contributed by atoms with E-state index in [1.165, 1.54) is 11.8 Å². The molecule has 2 aliphatic heterocycles. The summed E-state index contributed by atoms with van der Waals surface area (Å²) in [6.45, 7) is 0.420. The molecule has 0 saturated carbocycles. The quantitative estimate of drug-likeness (QED) is 0.543. The molecule has 5 rings (SSSR count). The number of aliphatic imine (C=N–C) groups is 1. The molecule has 8 heteroatoms. The number of thioether (sulfide) groups is 2. The molecule has 0 aromatic heterocycles. The number of primary amides is 1. The largest absolute Gasteiger partial charge is 0.366 e.